The summed E-state index contributed by atoms with van der Waals surface area (Å²) in [6.45, 7) is 1.85. The van der Waals surface area contributed by atoms with Gasteiger partial charge in [0, 0.05) is 36.0 Å². The first-order chi connectivity index (χ1) is 14.0. The van der Waals surface area contributed by atoms with E-state index in [0.717, 1.165) is 5.56 Å². The van der Waals surface area contributed by atoms with Crippen LogP contribution in [0.4, 0.5) is 11.4 Å². The Labute approximate surface area is 169 Å². The molecule has 3 aromatic rings. The second-order valence-electron chi connectivity index (χ2n) is 6.46. The molecule has 3 amide bonds. The Kier molecular flexibility index (Phi) is 6.37. The first-order valence-electron chi connectivity index (χ1n) is 9.12. The van der Waals surface area contributed by atoms with Crippen molar-refractivity contribution in [2.45, 2.75) is 13.5 Å². The second kappa shape index (κ2) is 9.32. The van der Waals surface area contributed by atoms with Crippen LogP contribution in [0.1, 0.15) is 33.2 Å². The van der Waals surface area contributed by atoms with Crippen LogP contribution in [-0.4, -0.2) is 17.7 Å². The number of benzene rings is 3. The lowest BCUT2D eigenvalue weighted by atomic mass is 10.1. The SMILES string of the molecule is CC(=O)Nc1cccc(C(=O)Nc2ccc(C(=O)NCc3ccccc3)cc2)c1. The molecule has 3 N–H and O–H groups in total. The lowest BCUT2D eigenvalue weighted by molar-refractivity contribution is -0.114. The molecule has 0 saturated heterocycles. The van der Waals surface area contributed by atoms with Crippen molar-refractivity contribution < 1.29 is 14.4 Å². The topological polar surface area (TPSA) is 87.3 Å². The summed E-state index contributed by atoms with van der Waals surface area (Å²) in [5.41, 5.74) is 3.06. The molecule has 0 spiro atoms. The van der Waals surface area contributed by atoms with Crippen LogP contribution in [0, 0.1) is 0 Å². The van der Waals surface area contributed by atoms with E-state index in [1.807, 2.05) is 30.3 Å². The lowest BCUT2D eigenvalue weighted by Gasteiger charge is -2.09. The average Bonchev–Trinajstić information content (AvgIpc) is 2.73. The molecular weight excluding hydrogens is 366 g/mol. The van der Waals surface area contributed by atoms with E-state index in [0.29, 0.717) is 29.0 Å². The summed E-state index contributed by atoms with van der Waals surface area (Å²) in [4.78, 5) is 35.8. The van der Waals surface area contributed by atoms with Crippen LogP contribution in [0.3, 0.4) is 0 Å². The van der Waals surface area contributed by atoms with Crippen molar-refractivity contribution in [1.82, 2.24) is 5.32 Å². The van der Waals surface area contributed by atoms with E-state index < -0.39 is 0 Å². The van der Waals surface area contributed by atoms with Gasteiger partial charge < -0.3 is 16.0 Å². The largest absolute Gasteiger partial charge is 0.348 e. The Morgan fingerprint density at radius 2 is 1.41 bits per heavy atom. The highest BCUT2D eigenvalue weighted by Gasteiger charge is 2.09. The van der Waals surface area contributed by atoms with Crippen molar-refractivity contribution in [2.24, 2.45) is 0 Å². The van der Waals surface area contributed by atoms with E-state index >= 15 is 0 Å². The summed E-state index contributed by atoms with van der Waals surface area (Å²) in [7, 11) is 0. The minimum absolute atomic E-state index is 0.185. The molecular formula is C23H21N3O3. The molecule has 0 aliphatic heterocycles. The zero-order valence-electron chi connectivity index (χ0n) is 15.9. The molecule has 0 fully saturated rings. The molecule has 0 aliphatic rings. The van der Waals surface area contributed by atoms with E-state index in [-0.39, 0.29) is 17.7 Å². The van der Waals surface area contributed by atoms with Crippen LogP contribution in [0.2, 0.25) is 0 Å². The minimum Gasteiger partial charge on any atom is -0.348 e. The van der Waals surface area contributed by atoms with Gasteiger partial charge in [0.1, 0.15) is 0 Å². The third-order valence-electron chi connectivity index (χ3n) is 4.15. The fourth-order valence-electron chi connectivity index (χ4n) is 2.73. The van der Waals surface area contributed by atoms with Crippen molar-refractivity contribution in [3.05, 3.63) is 95.6 Å². The number of hydrogen-bond donors (Lipinski definition) is 3. The highest BCUT2D eigenvalue weighted by molar-refractivity contribution is 6.05. The van der Waals surface area contributed by atoms with Crippen LogP contribution in [0.5, 0.6) is 0 Å². The van der Waals surface area contributed by atoms with Crippen LogP contribution in [0.15, 0.2) is 78.9 Å². The average molecular weight is 387 g/mol. The first kappa shape index (κ1) is 19.8. The van der Waals surface area contributed by atoms with E-state index in [2.05, 4.69) is 16.0 Å². The van der Waals surface area contributed by atoms with Crippen LogP contribution >= 0.6 is 0 Å². The third kappa shape index (κ3) is 5.77. The van der Waals surface area contributed by atoms with E-state index in [9.17, 15) is 14.4 Å². The summed E-state index contributed by atoms with van der Waals surface area (Å²) < 4.78 is 0. The molecule has 3 rings (SSSR count). The van der Waals surface area contributed by atoms with Gasteiger partial charge in [-0.2, -0.15) is 0 Å². The number of carbonyl (C=O) groups is 3. The molecule has 3 aromatic carbocycles. The monoisotopic (exact) mass is 387 g/mol. The predicted molar refractivity (Wildman–Crippen MR) is 113 cm³/mol. The molecule has 6 heteroatoms. The number of anilines is 2. The van der Waals surface area contributed by atoms with Gasteiger partial charge in [-0.15, -0.1) is 0 Å². The highest BCUT2D eigenvalue weighted by Crippen LogP contribution is 2.15. The van der Waals surface area contributed by atoms with Gasteiger partial charge in [0.05, 0.1) is 0 Å². The maximum atomic E-state index is 12.4. The van der Waals surface area contributed by atoms with Gasteiger partial charge in [0.25, 0.3) is 11.8 Å². The maximum absolute atomic E-state index is 12.4. The van der Waals surface area contributed by atoms with Crippen molar-refractivity contribution >= 4 is 29.1 Å². The van der Waals surface area contributed by atoms with Crippen molar-refractivity contribution in [2.75, 3.05) is 10.6 Å². The van der Waals surface area contributed by atoms with Crippen LogP contribution < -0.4 is 16.0 Å². The second-order valence-corrected chi connectivity index (χ2v) is 6.46. The first-order valence-corrected chi connectivity index (χ1v) is 9.12. The fourth-order valence-corrected chi connectivity index (χ4v) is 2.73. The fraction of sp³-hybridized carbons (Fsp3) is 0.0870. The molecule has 0 unspecified atom stereocenters. The summed E-state index contributed by atoms with van der Waals surface area (Å²) in [6.07, 6.45) is 0. The predicted octanol–water partition coefficient (Wildman–Crippen LogP) is 3.83. The molecule has 29 heavy (non-hydrogen) atoms. The maximum Gasteiger partial charge on any atom is 0.255 e. The quantitative estimate of drug-likeness (QED) is 0.601. The van der Waals surface area contributed by atoms with Gasteiger partial charge in [-0.3, -0.25) is 14.4 Å². The van der Waals surface area contributed by atoms with Gasteiger partial charge >= 0.3 is 0 Å². The van der Waals surface area contributed by atoms with Gasteiger partial charge in [-0.05, 0) is 48.0 Å². The number of amides is 3. The summed E-state index contributed by atoms with van der Waals surface area (Å²) in [5.74, 6) is -0.697. The van der Waals surface area contributed by atoms with Gasteiger partial charge in [0.15, 0.2) is 0 Å². The Morgan fingerprint density at radius 1 is 0.690 bits per heavy atom. The van der Waals surface area contributed by atoms with E-state index in [4.69, 9.17) is 0 Å². The number of nitrogens with one attached hydrogen (secondary N) is 3. The number of carbonyl (C=O) groups excluding carboxylic acids is 3. The smallest absolute Gasteiger partial charge is 0.255 e. The molecule has 0 atom stereocenters. The van der Waals surface area contributed by atoms with Crippen molar-refractivity contribution in [3.63, 3.8) is 0 Å². The molecule has 0 aromatic heterocycles. The molecule has 0 heterocycles. The Morgan fingerprint density at radius 3 is 2.10 bits per heavy atom. The van der Waals surface area contributed by atoms with Crippen LogP contribution in [-0.2, 0) is 11.3 Å². The van der Waals surface area contributed by atoms with Crippen LogP contribution in [0.25, 0.3) is 0 Å². The number of hydrogen-bond acceptors (Lipinski definition) is 3. The third-order valence-corrected chi connectivity index (χ3v) is 4.15. The molecule has 146 valence electrons. The summed E-state index contributed by atoms with van der Waals surface area (Å²) in [6, 6.07) is 23.0. The lowest BCUT2D eigenvalue weighted by Crippen LogP contribution is -2.22. The number of rotatable bonds is 6. The zero-order valence-corrected chi connectivity index (χ0v) is 15.9. The van der Waals surface area contributed by atoms with Gasteiger partial charge in [-0.25, -0.2) is 0 Å². The summed E-state index contributed by atoms with van der Waals surface area (Å²) in [5, 5.41) is 8.29. The minimum atomic E-state index is -0.307. The van der Waals surface area contributed by atoms with Crippen molar-refractivity contribution in [1.29, 1.82) is 0 Å². The Bertz CT molecular complexity index is 1020. The Hall–Kier alpha value is -3.93. The Balaban J connectivity index is 1.59. The summed E-state index contributed by atoms with van der Waals surface area (Å²) >= 11 is 0. The highest BCUT2D eigenvalue weighted by atomic mass is 16.2. The zero-order chi connectivity index (χ0) is 20.6. The molecule has 0 bridgehead atoms. The van der Waals surface area contributed by atoms with E-state index in [1.54, 1.807) is 48.5 Å². The standard InChI is InChI=1S/C23H21N3O3/c1-16(27)25-21-9-5-8-19(14-21)23(29)26-20-12-10-18(11-13-20)22(28)24-15-17-6-3-2-4-7-17/h2-14H,15H2,1H3,(H,24,28)(H,25,27)(H,26,29). The van der Waals surface area contributed by atoms with E-state index in [1.165, 1.54) is 6.92 Å². The normalized spacial score (nSPS) is 10.1. The molecule has 0 saturated carbocycles. The molecule has 0 aliphatic carbocycles. The molecule has 0 radical (unpaired) electrons. The van der Waals surface area contributed by atoms with Gasteiger partial charge in [-0.1, -0.05) is 36.4 Å². The van der Waals surface area contributed by atoms with Crippen molar-refractivity contribution in [3.8, 4) is 0 Å². The van der Waals surface area contributed by atoms with Gasteiger partial charge in [0.2, 0.25) is 5.91 Å². The molecule has 6 nitrogen and oxygen atoms in total.